The van der Waals surface area contributed by atoms with Crippen molar-refractivity contribution in [3.05, 3.63) is 65.9 Å². The molecule has 0 aliphatic rings. The second-order valence-electron chi connectivity index (χ2n) is 9.34. The summed E-state index contributed by atoms with van der Waals surface area (Å²) in [6.45, 7) is 7.88. The molecule has 3 amide bonds. The van der Waals surface area contributed by atoms with Crippen molar-refractivity contribution in [2.24, 2.45) is 11.8 Å². The number of fused-ring (bicyclic) bond motifs is 1. The van der Waals surface area contributed by atoms with Gasteiger partial charge in [-0.3, -0.25) is 14.4 Å². The second kappa shape index (κ2) is 11.5. The van der Waals surface area contributed by atoms with Gasteiger partial charge >= 0.3 is 0 Å². The maximum absolute atomic E-state index is 13.1. The van der Waals surface area contributed by atoms with Gasteiger partial charge in [-0.1, -0.05) is 58.0 Å². The largest absolute Gasteiger partial charge is 0.361 e. The van der Waals surface area contributed by atoms with Gasteiger partial charge in [0.25, 0.3) is 0 Å². The summed E-state index contributed by atoms with van der Waals surface area (Å²) in [6.07, 6.45) is 2.71. The molecule has 1 aromatic heterocycles. The summed E-state index contributed by atoms with van der Waals surface area (Å²) in [6, 6.07) is 14.6. The van der Waals surface area contributed by atoms with E-state index in [0.717, 1.165) is 22.0 Å². The molecule has 1 atom stereocenters. The Bertz CT molecular complexity index is 1150. The normalized spacial score (nSPS) is 12.1. The molecule has 1 heterocycles. The lowest BCUT2D eigenvalue weighted by Crippen LogP contribution is -2.48. The molecule has 2 aromatic carbocycles. The van der Waals surface area contributed by atoms with Gasteiger partial charge < -0.3 is 20.9 Å². The van der Waals surface area contributed by atoms with Gasteiger partial charge in [0.15, 0.2) is 0 Å². The van der Waals surface area contributed by atoms with E-state index in [0.29, 0.717) is 18.5 Å². The first-order valence-electron chi connectivity index (χ1n) is 11.7. The van der Waals surface area contributed by atoms with Crippen molar-refractivity contribution in [1.29, 1.82) is 0 Å². The summed E-state index contributed by atoms with van der Waals surface area (Å²) in [4.78, 5) is 40.8. The van der Waals surface area contributed by atoms with Crippen molar-refractivity contribution in [1.82, 2.24) is 15.6 Å². The van der Waals surface area contributed by atoms with Crippen molar-refractivity contribution in [3.63, 3.8) is 0 Å². The molecule has 1 unspecified atom stereocenters. The van der Waals surface area contributed by atoms with E-state index < -0.39 is 6.04 Å². The van der Waals surface area contributed by atoms with E-state index >= 15 is 0 Å². The number of hydrogen-bond donors (Lipinski definition) is 4. The van der Waals surface area contributed by atoms with Gasteiger partial charge in [-0.15, -0.1) is 0 Å². The summed E-state index contributed by atoms with van der Waals surface area (Å²) in [5, 5.41) is 9.76. The Kier molecular flexibility index (Phi) is 8.46. The fraction of sp³-hybridized carbons (Fsp3) is 0.370. The van der Waals surface area contributed by atoms with Crippen molar-refractivity contribution in [3.8, 4) is 0 Å². The molecule has 0 radical (unpaired) electrons. The van der Waals surface area contributed by atoms with Gasteiger partial charge in [0.1, 0.15) is 6.04 Å². The van der Waals surface area contributed by atoms with Crippen LogP contribution in [0.1, 0.15) is 45.2 Å². The van der Waals surface area contributed by atoms with E-state index in [2.05, 4.69) is 20.9 Å². The van der Waals surface area contributed by atoms with Crippen LogP contribution in [0.3, 0.4) is 0 Å². The van der Waals surface area contributed by atoms with Crippen molar-refractivity contribution < 1.29 is 14.4 Å². The SMILES string of the molecule is CC(C)CC(=O)Nc1cccc(CNC(=O)C(Cc2c[nH]c3ccccc23)NC(=O)C(C)C)c1. The summed E-state index contributed by atoms with van der Waals surface area (Å²) < 4.78 is 0. The third-order valence-electron chi connectivity index (χ3n) is 5.53. The molecule has 180 valence electrons. The lowest BCUT2D eigenvalue weighted by atomic mass is 10.0. The average Bonchev–Trinajstić information content (AvgIpc) is 3.19. The molecule has 0 fully saturated rings. The minimum atomic E-state index is -0.706. The van der Waals surface area contributed by atoms with Crippen LogP contribution in [0.2, 0.25) is 0 Å². The molecule has 0 aliphatic carbocycles. The number of benzene rings is 2. The first-order valence-corrected chi connectivity index (χ1v) is 11.7. The Hall–Kier alpha value is -3.61. The maximum atomic E-state index is 13.1. The molecule has 34 heavy (non-hydrogen) atoms. The number of carbonyl (C=O) groups is 3. The van der Waals surface area contributed by atoms with Gasteiger partial charge in [-0.05, 0) is 35.2 Å². The lowest BCUT2D eigenvalue weighted by Gasteiger charge is -2.20. The number of H-pyrrole nitrogens is 1. The molecule has 0 spiro atoms. The maximum Gasteiger partial charge on any atom is 0.243 e. The highest BCUT2D eigenvalue weighted by Gasteiger charge is 2.23. The smallest absolute Gasteiger partial charge is 0.243 e. The zero-order chi connectivity index (χ0) is 24.7. The number of aromatic nitrogens is 1. The van der Waals surface area contributed by atoms with Gasteiger partial charge in [0.2, 0.25) is 17.7 Å². The average molecular weight is 463 g/mol. The number of aromatic amines is 1. The van der Waals surface area contributed by atoms with Crippen LogP contribution in [0.5, 0.6) is 0 Å². The minimum Gasteiger partial charge on any atom is -0.361 e. The highest BCUT2D eigenvalue weighted by atomic mass is 16.2. The quantitative estimate of drug-likeness (QED) is 0.364. The highest BCUT2D eigenvalue weighted by Crippen LogP contribution is 2.19. The van der Waals surface area contributed by atoms with E-state index in [1.54, 1.807) is 13.8 Å². The number of carbonyl (C=O) groups excluding carboxylic acids is 3. The Morgan fingerprint density at radius 2 is 1.71 bits per heavy atom. The summed E-state index contributed by atoms with van der Waals surface area (Å²) in [5.74, 6) is -0.420. The van der Waals surface area contributed by atoms with E-state index in [1.807, 2.05) is 68.6 Å². The molecule has 3 rings (SSSR count). The summed E-state index contributed by atoms with van der Waals surface area (Å²) in [7, 11) is 0. The predicted molar refractivity (Wildman–Crippen MR) is 135 cm³/mol. The van der Waals surface area contributed by atoms with Crippen molar-refractivity contribution >= 4 is 34.3 Å². The zero-order valence-corrected chi connectivity index (χ0v) is 20.3. The molecule has 3 aromatic rings. The van der Waals surface area contributed by atoms with Gasteiger partial charge in [-0.2, -0.15) is 0 Å². The number of para-hydroxylation sites is 1. The van der Waals surface area contributed by atoms with E-state index in [9.17, 15) is 14.4 Å². The van der Waals surface area contributed by atoms with E-state index in [4.69, 9.17) is 0 Å². The van der Waals surface area contributed by atoms with Crippen LogP contribution < -0.4 is 16.0 Å². The van der Waals surface area contributed by atoms with Crippen LogP contribution in [0.15, 0.2) is 54.7 Å². The van der Waals surface area contributed by atoms with Crippen LogP contribution in [-0.2, 0) is 27.3 Å². The molecule has 7 heteroatoms. The monoisotopic (exact) mass is 462 g/mol. The summed E-state index contributed by atoms with van der Waals surface area (Å²) >= 11 is 0. The molecular weight excluding hydrogens is 428 g/mol. The third kappa shape index (κ3) is 6.94. The molecule has 0 saturated carbocycles. The number of anilines is 1. The molecule has 0 aliphatic heterocycles. The van der Waals surface area contributed by atoms with Crippen molar-refractivity contribution in [2.45, 2.75) is 53.1 Å². The number of hydrogen-bond acceptors (Lipinski definition) is 3. The van der Waals surface area contributed by atoms with Crippen LogP contribution in [0.4, 0.5) is 5.69 Å². The standard InChI is InChI=1S/C27H34N4O3/c1-17(2)12-25(32)30-21-9-7-8-19(13-21)15-29-27(34)24(31-26(33)18(3)4)14-20-16-28-23-11-6-5-10-22(20)23/h5-11,13,16-18,24,28H,12,14-15H2,1-4H3,(H,29,34)(H,30,32)(H,31,33). The minimum absolute atomic E-state index is 0.0358. The Balaban J connectivity index is 1.69. The van der Waals surface area contributed by atoms with Gasteiger partial charge in [-0.25, -0.2) is 0 Å². The van der Waals surface area contributed by atoms with Crippen LogP contribution in [-0.4, -0.2) is 28.7 Å². The zero-order valence-electron chi connectivity index (χ0n) is 20.3. The fourth-order valence-corrected chi connectivity index (χ4v) is 3.72. The molecule has 0 saturated heterocycles. The Morgan fingerprint density at radius 1 is 0.941 bits per heavy atom. The third-order valence-corrected chi connectivity index (χ3v) is 5.53. The first kappa shape index (κ1) is 25.0. The highest BCUT2D eigenvalue weighted by molar-refractivity contribution is 5.91. The number of rotatable bonds is 10. The predicted octanol–water partition coefficient (Wildman–Crippen LogP) is 4.15. The number of nitrogens with one attached hydrogen (secondary N) is 4. The van der Waals surface area contributed by atoms with Crippen LogP contribution in [0.25, 0.3) is 10.9 Å². The van der Waals surface area contributed by atoms with Gasteiger partial charge in [0.05, 0.1) is 0 Å². The molecule has 0 bridgehead atoms. The Labute approximate surface area is 200 Å². The fourth-order valence-electron chi connectivity index (χ4n) is 3.72. The van der Waals surface area contributed by atoms with Crippen LogP contribution >= 0.6 is 0 Å². The van der Waals surface area contributed by atoms with Crippen LogP contribution in [0, 0.1) is 11.8 Å². The summed E-state index contributed by atoms with van der Waals surface area (Å²) in [5.41, 5.74) is 3.51. The van der Waals surface area contributed by atoms with E-state index in [-0.39, 0.29) is 36.1 Å². The van der Waals surface area contributed by atoms with Crippen molar-refractivity contribution in [2.75, 3.05) is 5.32 Å². The molecule has 4 N–H and O–H groups in total. The van der Waals surface area contributed by atoms with Gasteiger partial charge in [0, 0.05) is 48.1 Å². The second-order valence-corrected chi connectivity index (χ2v) is 9.34. The Morgan fingerprint density at radius 3 is 2.44 bits per heavy atom. The topological polar surface area (TPSA) is 103 Å². The first-order chi connectivity index (χ1) is 16.2. The number of amides is 3. The molecule has 7 nitrogen and oxygen atoms in total. The van der Waals surface area contributed by atoms with E-state index in [1.165, 1.54) is 0 Å². The molecular formula is C27H34N4O3. The lowest BCUT2D eigenvalue weighted by molar-refractivity contribution is -0.130.